The number of nitro groups is 1. The van der Waals surface area contributed by atoms with E-state index in [2.05, 4.69) is 0 Å². The molecule has 0 saturated heterocycles. The van der Waals surface area contributed by atoms with Crippen LogP contribution in [0.2, 0.25) is 0 Å². The Hall–Kier alpha value is -1.21. The second kappa shape index (κ2) is 9.69. The van der Waals surface area contributed by atoms with Crippen LogP contribution in [0.5, 0.6) is 0 Å². The van der Waals surface area contributed by atoms with Crippen LogP contribution in [0.25, 0.3) is 0 Å². The van der Waals surface area contributed by atoms with Crippen molar-refractivity contribution >= 4 is 5.91 Å². The zero-order chi connectivity index (χ0) is 14.8. The highest BCUT2D eigenvalue weighted by Crippen LogP contribution is 2.18. The Morgan fingerprint density at radius 2 is 1.95 bits per heavy atom. The minimum Gasteiger partial charge on any atom is -0.396 e. The summed E-state index contributed by atoms with van der Waals surface area (Å²) < 4.78 is 5.60. The molecule has 0 aliphatic carbocycles. The van der Waals surface area contributed by atoms with Crippen LogP contribution in [-0.2, 0) is 9.53 Å². The molecule has 2 atom stereocenters. The second-order valence-corrected chi connectivity index (χ2v) is 4.66. The molecule has 0 aromatic carbocycles. The first kappa shape index (κ1) is 17.8. The van der Waals surface area contributed by atoms with Gasteiger partial charge in [0.15, 0.2) is 0 Å². The molecule has 0 saturated carbocycles. The maximum absolute atomic E-state index is 10.9. The largest absolute Gasteiger partial charge is 0.396 e. The predicted molar refractivity (Wildman–Crippen MR) is 70.1 cm³/mol. The number of hydrogen-bond donors (Lipinski definition) is 2. The van der Waals surface area contributed by atoms with Crippen LogP contribution in [0, 0.1) is 22.0 Å². The van der Waals surface area contributed by atoms with Crippen molar-refractivity contribution in [2.75, 3.05) is 19.8 Å². The topological polar surface area (TPSA) is 116 Å². The number of carbonyl (C=O) groups excluding carboxylic acids is 1. The van der Waals surface area contributed by atoms with Crippen LogP contribution in [-0.4, -0.2) is 41.8 Å². The molecule has 0 aromatic rings. The van der Waals surface area contributed by atoms with Crippen LogP contribution < -0.4 is 5.73 Å². The summed E-state index contributed by atoms with van der Waals surface area (Å²) in [6, 6.07) is 0. The van der Waals surface area contributed by atoms with E-state index < -0.39 is 22.7 Å². The van der Waals surface area contributed by atoms with E-state index in [1.54, 1.807) is 0 Å². The normalized spacial score (nSPS) is 14.3. The van der Waals surface area contributed by atoms with Gasteiger partial charge >= 0.3 is 0 Å². The number of nitrogens with two attached hydrogens (primary N) is 1. The number of carbonyl (C=O) groups is 1. The van der Waals surface area contributed by atoms with E-state index in [9.17, 15) is 20.0 Å². The summed E-state index contributed by atoms with van der Waals surface area (Å²) in [6.45, 7) is 3.53. The Morgan fingerprint density at radius 1 is 1.37 bits per heavy atom. The summed E-state index contributed by atoms with van der Waals surface area (Å²) in [6.07, 6.45) is 1.63. The van der Waals surface area contributed by atoms with Crippen molar-refractivity contribution in [1.82, 2.24) is 0 Å². The fraction of sp³-hybridized carbons (Fsp3) is 0.917. The van der Waals surface area contributed by atoms with Crippen LogP contribution in [0.3, 0.4) is 0 Å². The van der Waals surface area contributed by atoms with Gasteiger partial charge in [-0.3, -0.25) is 14.9 Å². The summed E-state index contributed by atoms with van der Waals surface area (Å²) in [7, 11) is 0. The molecule has 0 bridgehead atoms. The molecule has 112 valence electrons. The van der Waals surface area contributed by atoms with Crippen molar-refractivity contribution < 1.29 is 19.6 Å². The lowest BCUT2D eigenvalue weighted by molar-refractivity contribution is -0.490. The van der Waals surface area contributed by atoms with Crippen LogP contribution in [0.4, 0.5) is 0 Å². The van der Waals surface area contributed by atoms with Gasteiger partial charge in [0.1, 0.15) is 0 Å². The number of aliphatic hydroxyl groups excluding tert-OH is 1. The molecule has 0 aliphatic heterocycles. The van der Waals surface area contributed by atoms with Crippen molar-refractivity contribution in [1.29, 1.82) is 0 Å². The van der Waals surface area contributed by atoms with Gasteiger partial charge in [-0.1, -0.05) is 13.8 Å². The van der Waals surface area contributed by atoms with Gasteiger partial charge in [-0.15, -0.1) is 0 Å². The fourth-order valence-corrected chi connectivity index (χ4v) is 1.95. The predicted octanol–water partition coefficient (Wildman–Crippen LogP) is 0.568. The maximum Gasteiger partial charge on any atom is 0.217 e. The first-order chi connectivity index (χ1) is 8.94. The molecule has 0 aromatic heterocycles. The van der Waals surface area contributed by atoms with Crippen LogP contribution >= 0.6 is 0 Å². The monoisotopic (exact) mass is 276 g/mol. The Morgan fingerprint density at radius 3 is 2.32 bits per heavy atom. The van der Waals surface area contributed by atoms with E-state index in [-0.39, 0.29) is 32.3 Å². The number of nitrogens with zero attached hydrogens (tertiary/aromatic N) is 1. The summed E-state index contributed by atoms with van der Waals surface area (Å²) in [5.41, 5.74) is 5.09. The number of amides is 1. The van der Waals surface area contributed by atoms with E-state index >= 15 is 0 Å². The highest BCUT2D eigenvalue weighted by atomic mass is 16.6. The fourth-order valence-electron chi connectivity index (χ4n) is 1.95. The van der Waals surface area contributed by atoms with Crippen LogP contribution in [0.15, 0.2) is 0 Å². The standard InChI is InChI=1S/C12H24N2O5/c1-3-11(4-2)19-8-10(7-15)9(5-12(13)16)6-14(17)18/h9-11,15H,3-8H2,1-2H3,(H2,13,16)/t9-,10+/m1/s1. The maximum atomic E-state index is 10.9. The number of rotatable bonds is 11. The molecule has 0 rings (SSSR count). The molecule has 0 heterocycles. The lowest BCUT2D eigenvalue weighted by atomic mass is 9.90. The molecule has 3 N–H and O–H groups in total. The smallest absolute Gasteiger partial charge is 0.217 e. The summed E-state index contributed by atoms with van der Waals surface area (Å²) in [4.78, 5) is 21.0. The molecule has 0 aliphatic rings. The van der Waals surface area contributed by atoms with Gasteiger partial charge in [0.2, 0.25) is 12.5 Å². The molecular weight excluding hydrogens is 252 g/mol. The van der Waals surface area contributed by atoms with E-state index in [0.717, 1.165) is 12.8 Å². The van der Waals surface area contributed by atoms with Gasteiger partial charge in [-0.25, -0.2) is 0 Å². The first-order valence-electron chi connectivity index (χ1n) is 6.57. The van der Waals surface area contributed by atoms with Gasteiger partial charge in [0.25, 0.3) is 0 Å². The van der Waals surface area contributed by atoms with Crippen LogP contribution in [0.1, 0.15) is 33.1 Å². The molecule has 7 heteroatoms. The highest BCUT2D eigenvalue weighted by molar-refractivity contribution is 5.74. The lowest BCUT2D eigenvalue weighted by Gasteiger charge is -2.24. The summed E-state index contributed by atoms with van der Waals surface area (Å²) >= 11 is 0. The van der Waals surface area contributed by atoms with E-state index in [1.165, 1.54) is 0 Å². The SMILES string of the molecule is CCC(CC)OC[C@H](CO)[C@H](CC(N)=O)C[N+](=O)[O-]. The van der Waals surface area contributed by atoms with Crippen molar-refractivity contribution in [3.8, 4) is 0 Å². The van der Waals surface area contributed by atoms with Gasteiger partial charge < -0.3 is 15.6 Å². The third kappa shape index (κ3) is 7.74. The minimum atomic E-state index is -0.604. The lowest BCUT2D eigenvalue weighted by Crippen LogP contribution is -2.33. The Kier molecular flexibility index (Phi) is 9.07. The van der Waals surface area contributed by atoms with Gasteiger partial charge in [0.05, 0.1) is 12.7 Å². The van der Waals surface area contributed by atoms with Crippen molar-refractivity contribution in [2.45, 2.75) is 39.2 Å². The zero-order valence-electron chi connectivity index (χ0n) is 11.6. The summed E-state index contributed by atoms with van der Waals surface area (Å²) in [5, 5.41) is 19.9. The number of hydrogen-bond acceptors (Lipinski definition) is 5. The number of primary amides is 1. The molecule has 0 unspecified atom stereocenters. The Labute approximate surface area is 113 Å². The molecule has 0 fully saturated rings. The number of ether oxygens (including phenoxy) is 1. The van der Waals surface area contributed by atoms with Crippen molar-refractivity contribution in [2.24, 2.45) is 17.6 Å². The van der Waals surface area contributed by atoms with Crippen molar-refractivity contribution in [3.63, 3.8) is 0 Å². The molecule has 0 spiro atoms. The summed E-state index contributed by atoms with van der Waals surface area (Å²) in [5.74, 6) is -1.64. The van der Waals surface area contributed by atoms with E-state index in [0.29, 0.717) is 0 Å². The molecular formula is C12H24N2O5. The Balaban J connectivity index is 4.53. The first-order valence-corrected chi connectivity index (χ1v) is 6.57. The van der Waals surface area contributed by atoms with Crippen molar-refractivity contribution in [3.05, 3.63) is 10.1 Å². The van der Waals surface area contributed by atoms with E-state index in [4.69, 9.17) is 10.5 Å². The molecule has 19 heavy (non-hydrogen) atoms. The zero-order valence-corrected chi connectivity index (χ0v) is 11.6. The van der Waals surface area contributed by atoms with Gasteiger partial charge in [0, 0.05) is 29.8 Å². The molecule has 1 amide bonds. The average molecular weight is 276 g/mol. The quantitative estimate of drug-likeness (QED) is 0.422. The molecule has 0 radical (unpaired) electrons. The van der Waals surface area contributed by atoms with E-state index in [1.807, 2.05) is 13.8 Å². The third-order valence-corrected chi connectivity index (χ3v) is 3.20. The van der Waals surface area contributed by atoms with Gasteiger partial charge in [-0.2, -0.15) is 0 Å². The average Bonchev–Trinajstić information content (AvgIpc) is 2.33. The Bertz CT molecular complexity index is 265. The number of aliphatic hydroxyl groups is 1. The third-order valence-electron chi connectivity index (χ3n) is 3.20. The van der Waals surface area contributed by atoms with Gasteiger partial charge in [-0.05, 0) is 12.8 Å². The molecule has 7 nitrogen and oxygen atoms in total. The highest BCUT2D eigenvalue weighted by Gasteiger charge is 2.28. The minimum absolute atomic E-state index is 0.0684. The second-order valence-electron chi connectivity index (χ2n) is 4.66.